The fourth-order valence-electron chi connectivity index (χ4n) is 1.81. The largest absolute Gasteiger partial charge is 0.319 e. The summed E-state index contributed by atoms with van der Waals surface area (Å²) in [5.74, 6) is -0.416. The molecule has 0 atom stereocenters. The number of hydrogen-bond donors (Lipinski definition) is 2. The van der Waals surface area contributed by atoms with Crippen LogP contribution >= 0.6 is 23.2 Å². The van der Waals surface area contributed by atoms with Crippen LogP contribution in [0.2, 0.25) is 10.0 Å². The Morgan fingerprint density at radius 2 is 2.10 bits per heavy atom. The zero-order valence-electron chi connectivity index (χ0n) is 10.0. The highest BCUT2D eigenvalue weighted by molar-refractivity contribution is 6.39. The molecule has 0 aliphatic rings. The molecule has 2 heterocycles. The first kappa shape index (κ1) is 12.9. The van der Waals surface area contributed by atoms with Crippen molar-refractivity contribution >= 4 is 45.7 Å². The maximum atomic E-state index is 12.1. The minimum absolute atomic E-state index is 0.150. The van der Waals surface area contributed by atoms with Crippen molar-refractivity contribution in [1.29, 1.82) is 0 Å². The average Bonchev–Trinajstić information content (AvgIpc) is 2.91. The molecule has 20 heavy (non-hydrogen) atoms. The van der Waals surface area contributed by atoms with Crippen molar-refractivity contribution in [2.45, 2.75) is 0 Å². The maximum absolute atomic E-state index is 12.1. The summed E-state index contributed by atoms with van der Waals surface area (Å²) in [6, 6.07) is 6.73. The molecule has 1 aromatic carbocycles. The number of nitrogens with one attached hydrogen (secondary N) is 2. The number of benzene rings is 1. The normalized spacial score (nSPS) is 10.7. The van der Waals surface area contributed by atoms with Crippen molar-refractivity contribution in [3.05, 3.63) is 52.4 Å². The van der Waals surface area contributed by atoms with Crippen molar-refractivity contribution in [2.75, 3.05) is 5.32 Å². The molecule has 2 aromatic heterocycles. The van der Waals surface area contributed by atoms with Gasteiger partial charge in [0.05, 0.1) is 27.4 Å². The third kappa shape index (κ3) is 2.21. The summed E-state index contributed by atoms with van der Waals surface area (Å²) in [6.45, 7) is 0. The molecule has 0 radical (unpaired) electrons. The van der Waals surface area contributed by atoms with Crippen molar-refractivity contribution in [3.8, 4) is 0 Å². The molecule has 0 spiro atoms. The predicted molar refractivity (Wildman–Crippen MR) is 78.3 cm³/mol. The summed E-state index contributed by atoms with van der Waals surface area (Å²) in [5, 5.41) is 10.8. The lowest BCUT2D eigenvalue weighted by Gasteiger charge is -2.08. The second-order valence-electron chi connectivity index (χ2n) is 4.05. The number of H-pyrrole nitrogens is 1. The lowest BCUT2D eigenvalue weighted by Crippen LogP contribution is -2.14. The summed E-state index contributed by atoms with van der Waals surface area (Å²) in [7, 11) is 0. The number of aromatic nitrogens is 3. The van der Waals surface area contributed by atoms with Gasteiger partial charge in [0.2, 0.25) is 0 Å². The monoisotopic (exact) mass is 306 g/mol. The third-order valence-corrected chi connectivity index (χ3v) is 3.49. The van der Waals surface area contributed by atoms with E-state index in [1.54, 1.807) is 30.5 Å². The first-order valence-electron chi connectivity index (χ1n) is 5.70. The molecule has 3 rings (SSSR count). The van der Waals surface area contributed by atoms with Crippen LogP contribution in [0.15, 0.2) is 36.7 Å². The van der Waals surface area contributed by atoms with E-state index in [1.165, 1.54) is 6.20 Å². The molecular weight excluding hydrogens is 299 g/mol. The molecule has 7 heteroatoms. The van der Waals surface area contributed by atoms with Crippen LogP contribution in [0.4, 0.5) is 5.69 Å². The van der Waals surface area contributed by atoms with Gasteiger partial charge >= 0.3 is 0 Å². The van der Waals surface area contributed by atoms with Gasteiger partial charge in [0.25, 0.3) is 5.91 Å². The standard InChI is InChI=1S/C13H8Cl2N4O/c14-8-2-1-5-16-12(8)13(20)18-10-4-3-9-7(11(10)15)6-17-19-9/h1-6H,(H,17,19)(H,18,20). The van der Waals surface area contributed by atoms with Crippen LogP contribution in [0.3, 0.4) is 0 Å². The molecule has 0 unspecified atom stereocenters. The topological polar surface area (TPSA) is 70.7 Å². The minimum Gasteiger partial charge on any atom is -0.319 e. The zero-order chi connectivity index (χ0) is 14.1. The van der Waals surface area contributed by atoms with Crippen molar-refractivity contribution in [2.24, 2.45) is 0 Å². The summed E-state index contributed by atoms with van der Waals surface area (Å²) in [6.07, 6.45) is 3.10. The van der Waals surface area contributed by atoms with Gasteiger partial charge in [0.15, 0.2) is 0 Å². The highest BCUT2D eigenvalue weighted by Crippen LogP contribution is 2.30. The number of hydrogen-bond acceptors (Lipinski definition) is 3. The van der Waals surface area contributed by atoms with Gasteiger partial charge in [0.1, 0.15) is 5.69 Å². The van der Waals surface area contributed by atoms with Gasteiger partial charge in [-0.25, -0.2) is 4.98 Å². The molecule has 100 valence electrons. The highest BCUT2D eigenvalue weighted by Gasteiger charge is 2.14. The zero-order valence-corrected chi connectivity index (χ0v) is 11.5. The summed E-state index contributed by atoms with van der Waals surface area (Å²) < 4.78 is 0. The first-order valence-corrected chi connectivity index (χ1v) is 6.46. The lowest BCUT2D eigenvalue weighted by molar-refractivity contribution is 0.102. The maximum Gasteiger partial charge on any atom is 0.275 e. The number of carbonyl (C=O) groups excluding carboxylic acids is 1. The Labute approximate surface area is 123 Å². The first-order chi connectivity index (χ1) is 9.66. The minimum atomic E-state index is -0.416. The Morgan fingerprint density at radius 1 is 1.25 bits per heavy atom. The fourth-order valence-corrected chi connectivity index (χ4v) is 2.28. The van der Waals surface area contributed by atoms with E-state index in [9.17, 15) is 4.79 Å². The van der Waals surface area contributed by atoms with Crippen molar-refractivity contribution in [1.82, 2.24) is 15.2 Å². The van der Waals surface area contributed by atoms with Crippen LogP contribution in [0.5, 0.6) is 0 Å². The van der Waals surface area contributed by atoms with Gasteiger partial charge in [-0.05, 0) is 24.3 Å². The van der Waals surface area contributed by atoms with Gasteiger partial charge < -0.3 is 5.32 Å². The van der Waals surface area contributed by atoms with Crippen LogP contribution in [0.25, 0.3) is 10.9 Å². The Balaban J connectivity index is 1.95. The number of rotatable bonds is 2. The second kappa shape index (κ2) is 5.11. The van der Waals surface area contributed by atoms with E-state index in [-0.39, 0.29) is 10.7 Å². The SMILES string of the molecule is O=C(Nc1ccc2[nH]ncc2c1Cl)c1ncccc1Cl. The molecule has 0 aliphatic heterocycles. The van der Waals surface area contributed by atoms with Gasteiger partial charge in [-0.1, -0.05) is 23.2 Å². The molecule has 1 amide bonds. The van der Waals surface area contributed by atoms with Crippen molar-refractivity contribution < 1.29 is 4.79 Å². The van der Waals surface area contributed by atoms with Crippen molar-refractivity contribution in [3.63, 3.8) is 0 Å². The Morgan fingerprint density at radius 3 is 2.90 bits per heavy atom. The number of pyridine rings is 1. The molecule has 2 N–H and O–H groups in total. The summed E-state index contributed by atoms with van der Waals surface area (Å²) >= 11 is 12.2. The highest BCUT2D eigenvalue weighted by atomic mass is 35.5. The number of amides is 1. The molecule has 0 fully saturated rings. The fraction of sp³-hybridized carbons (Fsp3) is 0. The number of nitrogens with zero attached hydrogens (tertiary/aromatic N) is 2. The molecule has 3 aromatic rings. The van der Waals surface area contributed by atoms with E-state index in [0.717, 1.165) is 10.9 Å². The summed E-state index contributed by atoms with van der Waals surface area (Å²) in [4.78, 5) is 16.1. The van der Waals surface area contributed by atoms with E-state index in [4.69, 9.17) is 23.2 Å². The molecule has 0 saturated carbocycles. The van der Waals surface area contributed by atoms with Crippen LogP contribution < -0.4 is 5.32 Å². The van der Waals surface area contributed by atoms with E-state index in [2.05, 4.69) is 20.5 Å². The van der Waals surface area contributed by atoms with E-state index < -0.39 is 5.91 Å². The average molecular weight is 307 g/mol. The van der Waals surface area contributed by atoms with E-state index >= 15 is 0 Å². The number of anilines is 1. The van der Waals surface area contributed by atoms with Crippen LogP contribution in [0.1, 0.15) is 10.5 Å². The van der Waals surface area contributed by atoms with Gasteiger partial charge in [-0.15, -0.1) is 0 Å². The van der Waals surface area contributed by atoms with Crippen LogP contribution in [0, 0.1) is 0 Å². The molecule has 0 saturated heterocycles. The molecule has 0 aliphatic carbocycles. The van der Waals surface area contributed by atoms with Gasteiger partial charge in [0, 0.05) is 11.6 Å². The lowest BCUT2D eigenvalue weighted by atomic mass is 10.2. The molecule has 0 bridgehead atoms. The van der Waals surface area contributed by atoms with E-state index in [0.29, 0.717) is 10.7 Å². The quantitative estimate of drug-likeness (QED) is 0.761. The Kier molecular flexibility index (Phi) is 3.30. The Bertz CT molecular complexity index is 800. The van der Waals surface area contributed by atoms with Crippen LogP contribution in [-0.4, -0.2) is 21.1 Å². The number of fused-ring (bicyclic) bond motifs is 1. The van der Waals surface area contributed by atoms with E-state index in [1.807, 2.05) is 0 Å². The molecular formula is C13H8Cl2N4O. The predicted octanol–water partition coefficient (Wildman–Crippen LogP) is 3.52. The molecule has 5 nitrogen and oxygen atoms in total. The number of halogens is 2. The van der Waals surface area contributed by atoms with Gasteiger partial charge in [-0.3, -0.25) is 9.89 Å². The smallest absolute Gasteiger partial charge is 0.275 e. The van der Waals surface area contributed by atoms with Gasteiger partial charge in [-0.2, -0.15) is 5.10 Å². The number of aromatic amines is 1. The summed E-state index contributed by atoms with van der Waals surface area (Å²) in [5.41, 5.74) is 1.42. The Hall–Kier alpha value is -2.11. The number of carbonyl (C=O) groups is 1. The second-order valence-corrected chi connectivity index (χ2v) is 4.83. The van der Waals surface area contributed by atoms with Crippen LogP contribution in [-0.2, 0) is 0 Å². The third-order valence-electron chi connectivity index (χ3n) is 2.78.